The normalized spacial score (nSPS) is 15.2. The summed E-state index contributed by atoms with van der Waals surface area (Å²) < 4.78 is 1.98. The summed E-state index contributed by atoms with van der Waals surface area (Å²) in [6.07, 6.45) is 4.09. The molecule has 0 fully saturated rings. The van der Waals surface area contributed by atoms with Crippen LogP contribution >= 0.6 is 0 Å². The average molecular weight is 380 g/mol. The summed E-state index contributed by atoms with van der Waals surface area (Å²) in [5.41, 5.74) is 4.76. The second-order valence-electron chi connectivity index (χ2n) is 7.66. The van der Waals surface area contributed by atoms with Gasteiger partial charge in [0.1, 0.15) is 6.61 Å². The number of aliphatic hydroxyl groups is 1. The first-order valence-corrected chi connectivity index (χ1v) is 9.26. The Balaban J connectivity index is 2.04. The fourth-order valence-electron chi connectivity index (χ4n) is 3.69. The molecule has 28 heavy (non-hydrogen) atoms. The van der Waals surface area contributed by atoms with Gasteiger partial charge in [-0.15, -0.1) is 0 Å². The molecular weight excluding hydrogens is 354 g/mol. The van der Waals surface area contributed by atoms with Crippen molar-refractivity contribution in [2.75, 3.05) is 32.1 Å². The molecule has 6 nitrogen and oxygen atoms in total. The van der Waals surface area contributed by atoms with Crippen LogP contribution in [-0.2, 0) is 5.41 Å². The van der Waals surface area contributed by atoms with Crippen LogP contribution in [0.2, 0.25) is 0 Å². The molecule has 6 heteroatoms. The number of β-amino-alcohol motifs (C(OH)–C–C–N with tert-alkyl or cyclic N) is 1. The molecule has 0 unspecified atom stereocenters. The first kappa shape index (κ1) is 19.8. The molecule has 0 spiro atoms. The van der Waals surface area contributed by atoms with Gasteiger partial charge < -0.3 is 10.0 Å². The lowest BCUT2D eigenvalue weighted by Crippen LogP contribution is -2.28. The Morgan fingerprint density at radius 1 is 1.14 bits per heavy atom. The summed E-state index contributed by atoms with van der Waals surface area (Å²) in [7, 11) is 4.01. The predicted octanol–water partition coefficient (Wildman–Crippen LogP) is 3.74. The maximum absolute atomic E-state index is 11.2. The van der Waals surface area contributed by atoms with E-state index < -0.39 is 0 Å². The number of hydrogen-bond acceptors (Lipinski definition) is 4. The number of hydrogen-bond donors (Lipinski definition) is 1. The summed E-state index contributed by atoms with van der Waals surface area (Å²) >= 11 is 0. The topological polar surface area (TPSA) is 69.6 Å². The summed E-state index contributed by atoms with van der Waals surface area (Å²) in [6, 6.07) is 13.2. The Kier molecular flexibility index (Phi) is 5.34. The first-order valence-electron chi connectivity index (χ1n) is 9.26. The highest BCUT2D eigenvalue weighted by molar-refractivity contribution is 6.05. The Hall–Kier alpha value is -2.99. The second-order valence-corrected chi connectivity index (χ2v) is 7.66. The summed E-state index contributed by atoms with van der Waals surface area (Å²) in [5.74, 6) is 0. The highest BCUT2D eigenvalue weighted by atomic mass is 16.6. The van der Waals surface area contributed by atoms with E-state index in [4.69, 9.17) is 0 Å². The van der Waals surface area contributed by atoms with Crippen molar-refractivity contribution in [3.05, 3.63) is 69.8 Å². The van der Waals surface area contributed by atoms with E-state index in [0.29, 0.717) is 6.54 Å². The van der Waals surface area contributed by atoms with Crippen molar-refractivity contribution in [3.63, 3.8) is 0 Å². The van der Waals surface area contributed by atoms with Gasteiger partial charge in [0.15, 0.2) is 12.3 Å². The van der Waals surface area contributed by atoms with Gasteiger partial charge in [0, 0.05) is 37.5 Å². The van der Waals surface area contributed by atoms with Gasteiger partial charge >= 0.3 is 0 Å². The molecule has 0 radical (unpaired) electrons. The van der Waals surface area contributed by atoms with Gasteiger partial charge in [0.2, 0.25) is 5.69 Å². The number of aliphatic hydroxyl groups excluding tert-OH is 1. The van der Waals surface area contributed by atoms with E-state index in [-0.39, 0.29) is 22.6 Å². The van der Waals surface area contributed by atoms with E-state index in [9.17, 15) is 15.2 Å². The molecule has 1 N–H and O–H groups in total. The number of nitro benzene ring substituents is 1. The van der Waals surface area contributed by atoms with Crippen LogP contribution < -0.4 is 4.90 Å². The molecule has 2 aromatic carbocycles. The number of nitro groups is 1. The van der Waals surface area contributed by atoms with Crippen LogP contribution in [0, 0.1) is 10.1 Å². The Bertz CT molecular complexity index is 957. The minimum Gasteiger partial charge on any atom is -0.390 e. The smallest absolute Gasteiger partial charge is 0.276 e. The fraction of sp³-hybridized carbons (Fsp3) is 0.318. The van der Waals surface area contributed by atoms with Gasteiger partial charge in [-0.25, -0.2) is 0 Å². The lowest BCUT2D eigenvalue weighted by atomic mass is 9.81. The van der Waals surface area contributed by atoms with E-state index in [2.05, 4.69) is 43.0 Å². The average Bonchev–Trinajstić information content (AvgIpc) is 2.87. The SMILES string of the molecule is CN(C)c1ccc(/C=C/C2=[N+](CCO)c3cc([N+](=O)[O-])ccc3C2(C)C)cc1. The van der Waals surface area contributed by atoms with Gasteiger partial charge in [-0.2, -0.15) is 4.58 Å². The molecule has 0 aliphatic carbocycles. The number of nitrogens with zero attached hydrogens (tertiary/aromatic N) is 3. The molecule has 2 aromatic rings. The Labute approximate surface area is 165 Å². The summed E-state index contributed by atoms with van der Waals surface area (Å²) in [6.45, 7) is 4.55. The molecule has 1 aliphatic heterocycles. The largest absolute Gasteiger partial charge is 0.390 e. The fourth-order valence-corrected chi connectivity index (χ4v) is 3.69. The van der Waals surface area contributed by atoms with E-state index in [1.54, 1.807) is 12.1 Å². The lowest BCUT2D eigenvalue weighted by Gasteiger charge is -2.15. The van der Waals surface area contributed by atoms with Gasteiger partial charge in [0.25, 0.3) is 5.69 Å². The molecule has 0 bridgehead atoms. The van der Waals surface area contributed by atoms with Crippen molar-refractivity contribution >= 4 is 28.8 Å². The molecule has 146 valence electrons. The van der Waals surface area contributed by atoms with Crippen LogP contribution in [-0.4, -0.2) is 47.6 Å². The molecule has 3 rings (SSSR count). The third-order valence-corrected chi connectivity index (χ3v) is 5.25. The number of fused-ring (bicyclic) bond motifs is 1. The highest BCUT2D eigenvalue weighted by Gasteiger charge is 2.44. The van der Waals surface area contributed by atoms with E-state index in [0.717, 1.165) is 28.2 Å². The van der Waals surface area contributed by atoms with Crippen molar-refractivity contribution in [1.82, 2.24) is 0 Å². The first-order chi connectivity index (χ1) is 13.3. The van der Waals surface area contributed by atoms with Crippen LogP contribution in [0.4, 0.5) is 17.1 Å². The number of non-ortho nitro benzene ring substituents is 1. The standard InChI is InChI=1S/C22H26N3O3/c1-22(2)19-11-10-18(25(27)28)15-20(19)24(13-14-26)21(22)12-7-16-5-8-17(9-6-16)23(3)4/h5-12,15,26H,13-14H2,1-4H3/q+1. The Morgan fingerprint density at radius 2 is 1.82 bits per heavy atom. The van der Waals surface area contributed by atoms with Crippen molar-refractivity contribution in [1.29, 1.82) is 0 Å². The second kappa shape index (κ2) is 7.56. The van der Waals surface area contributed by atoms with Crippen molar-refractivity contribution in [3.8, 4) is 0 Å². The number of allylic oxidation sites excluding steroid dienone is 1. The summed E-state index contributed by atoms with van der Waals surface area (Å²) in [5, 5.41) is 20.8. The molecule has 0 saturated carbocycles. The number of rotatable bonds is 6. The lowest BCUT2D eigenvalue weighted by molar-refractivity contribution is -0.442. The third-order valence-electron chi connectivity index (χ3n) is 5.25. The summed E-state index contributed by atoms with van der Waals surface area (Å²) in [4.78, 5) is 12.9. The molecule has 0 aromatic heterocycles. The van der Waals surface area contributed by atoms with E-state index >= 15 is 0 Å². The number of anilines is 1. The molecule has 0 atom stereocenters. The zero-order valence-electron chi connectivity index (χ0n) is 16.7. The molecular formula is C22H26N3O3+. The van der Waals surface area contributed by atoms with E-state index in [1.165, 1.54) is 0 Å². The predicted molar refractivity (Wildman–Crippen MR) is 113 cm³/mol. The van der Waals surface area contributed by atoms with Crippen molar-refractivity contribution in [2.24, 2.45) is 0 Å². The molecule has 1 heterocycles. The van der Waals surface area contributed by atoms with Gasteiger partial charge in [-0.1, -0.05) is 12.1 Å². The van der Waals surface area contributed by atoms with Gasteiger partial charge in [0.05, 0.1) is 16.4 Å². The van der Waals surface area contributed by atoms with Crippen molar-refractivity contribution in [2.45, 2.75) is 19.3 Å². The maximum Gasteiger partial charge on any atom is 0.276 e. The van der Waals surface area contributed by atoms with Crippen LogP contribution in [0.25, 0.3) is 6.08 Å². The van der Waals surface area contributed by atoms with E-state index in [1.807, 2.05) is 36.9 Å². The molecule has 0 saturated heterocycles. The monoisotopic (exact) mass is 380 g/mol. The maximum atomic E-state index is 11.2. The zero-order valence-corrected chi connectivity index (χ0v) is 16.7. The van der Waals surface area contributed by atoms with Crippen LogP contribution in [0.1, 0.15) is 25.0 Å². The molecule has 0 amide bonds. The quantitative estimate of drug-likeness (QED) is 0.471. The van der Waals surface area contributed by atoms with Crippen LogP contribution in [0.3, 0.4) is 0 Å². The van der Waals surface area contributed by atoms with Crippen LogP contribution in [0.5, 0.6) is 0 Å². The third kappa shape index (κ3) is 3.55. The number of benzene rings is 2. The minimum atomic E-state index is -0.384. The van der Waals surface area contributed by atoms with Gasteiger partial charge in [-0.05, 0) is 43.7 Å². The van der Waals surface area contributed by atoms with Gasteiger partial charge in [-0.3, -0.25) is 10.1 Å². The van der Waals surface area contributed by atoms with Crippen LogP contribution in [0.15, 0.2) is 48.5 Å². The zero-order chi connectivity index (χ0) is 20.5. The Morgan fingerprint density at radius 3 is 2.39 bits per heavy atom. The minimum absolute atomic E-state index is 0.0346. The van der Waals surface area contributed by atoms with Crippen molar-refractivity contribution < 1.29 is 14.6 Å². The highest BCUT2D eigenvalue weighted by Crippen LogP contribution is 2.41. The molecule has 1 aliphatic rings.